The van der Waals surface area contributed by atoms with E-state index in [1.54, 1.807) is 0 Å². The summed E-state index contributed by atoms with van der Waals surface area (Å²) in [7, 11) is 0. The molecular formula is C15H28N2O2. The summed E-state index contributed by atoms with van der Waals surface area (Å²) in [5, 5.41) is 6.46. The normalized spacial score (nSPS) is 23.4. The fraction of sp³-hybridized carbons (Fsp3) is 0.933. The second kappa shape index (κ2) is 7.25. The van der Waals surface area contributed by atoms with Crippen molar-refractivity contribution in [1.29, 1.82) is 0 Å². The van der Waals surface area contributed by atoms with E-state index in [1.165, 1.54) is 32.1 Å². The highest BCUT2D eigenvalue weighted by Gasteiger charge is 2.31. The summed E-state index contributed by atoms with van der Waals surface area (Å²) in [6.07, 6.45) is 8.46. The summed E-state index contributed by atoms with van der Waals surface area (Å²) in [6.45, 7) is 5.27. The van der Waals surface area contributed by atoms with Gasteiger partial charge >= 0.3 is 0 Å². The first-order chi connectivity index (χ1) is 9.24. The number of carbonyl (C=O) groups is 1. The molecule has 1 saturated carbocycles. The Morgan fingerprint density at radius 1 is 1.26 bits per heavy atom. The predicted octanol–water partition coefficient (Wildman–Crippen LogP) is 1.84. The van der Waals surface area contributed by atoms with Crippen LogP contribution in [0.2, 0.25) is 0 Å². The topological polar surface area (TPSA) is 50.4 Å². The summed E-state index contributed by atoms with van der Waals surface area (Å²) in [6, 6.07) is 0.315. The Labute approximate surface area is 116 Å². The van der Waals surface area contributed by atoms with E-state index in [-0.39, 0.29) is 5.91 Å². The summed E-state index contributed by atoms with van der Waals surface area (Å²) >= 11 is 0. The third-order valence-electron chi connectivity index (χ3n) is 4.79. The van der Waals surface area contributed by atoms with Gasteiger partial charge in [-0.3, -0.25) is 4.79 Å². The van der Waals surface area contributed by atoms with Gasteiger partial charge in [-0.1, -0.05) is 19.8 Å². The molecule has 1 heterocycles. The first kappa shape index (κ1) is 14.8. The van der Waals surface area contributed by atoms with E-state index in [2.05, 4.69) is 17.6 Å². The molecule has 4 nitrogen and oxygen atoms in total. The van der Waals surface area contributed by atoms with Gasteiger partial charge in [-0.05, 0) is 37.5 Å². The number of nitrogens with one attached hydrogen (secondary N) is 2. The summed E-state index contributed by atoms with van der Waals surface area (Å²) in [5.74, 6) is 0.135. The smallest absolute Gasteiger partial charge is 0.234 e. The van der Waals surface area contributed by atoms with Gasteiger partial charge < -0.3 is 15.4 Å². The molecule has 2 N–H and O–H groups in total. The largest absolute Gasteiger partial charge is 0.381 e. The lowest BCUT2D eigenvalue weighted by atomic mass is 9.83. The minimum absolute atomic E-state index is 0.135. The molecule has 2 fully saturated rings. The number of ether oxygens (including phenoxy) is 1. The Morgan fingerprint density at radius 2 is 1.95 bits per heavy atom. The van der Waals surface area contributed by atoms with Crippen LogP contribution in [0.4, 0.5) is 0 Å². The molecule has 1 aliphatic heterocycles. The Hall–Kier alpha value is -0.610. The van der Waals surface area contributed by atoms with Crippen molar-refractivity contribution in [2.24, 2.45) is 5.41 Å². The molecule has 1 aliphatic carbocycles. The first-order valence-corrected chi connectivity index (χ1v) is 7.82. The molecule has 1 saturated heterocycles. The molecular weight excluding hydrogens is 240 g/mol. The lowest BCUT2D eigenvalue weighted by Gasteiger charge is -2.28. The standard InChI is InChI=1S/C15H28N2O2/c1-2-15(7-3-4-8-15)12-16-11-14(18)17-13-5-9-19-10-6-13/h13,16H,2-12H2,1H3,(H,17,18). The van der Waals surface area contributed by atoms with E-state index in [0.29, 0.717) is 18.0 Å². The van der Waals surface area contributed by atoms with Gasteiger partial charge in [0.05, 0.1) is 6.54 Å². The van der Waals surface area contributed by atoms with Crippen molar-refractivity contribution in [2.75, 3.05) is 26.3 Å². The van der Waals surface area contributed by atoms with Gasteiger partial charge in [0.15, 0.2) is 0 Å². The minimum Gasteiger partial charge on any atom is -0.381 e. The molecule has 0 spiro atoms. The monoisotopic (exact) mass is 268 g/mol. The van der Waals surface area contributed by atoms with E-state index >= 15 is 0 Å². The van der Waals surface area contributed by atoms with Crippen LogP contribution in [0.15, 0.2) is 0 Å². The molecule has 110 valence electrons. The van der Waals surface area contributed by atoms with Crippen LogP contribution in [0.1, 0.15) is 51.9 Å². The molecule has 19 heavy (non-hydrogen) atoms. The zero-order chi connectivity index (χ0) is 13.6. The van der Waals surface area contributed by atoms with Crippen LogP contribution in [0.25, 0.3) is 0 Å². The highest BCUT2D eigenvalue weighted by Crippen LogP contribution is 2.40. The molecule has 2 aliphatic rings. The molecule has 4 heteroatoms. The second-order valence-electron chi connectivity index (χ2n) is 6.12. The maximum atomic E-state index is 11.9. The zero-order valence-corrected chi connectivity index (χ0v) is 12.2. The number of hydrogen-bond acceptors (Lipinski definition) is 3. The molecule has 0 aromatic rings. The van der Waals surface area contributed by atoms with Crippen LogP contribution in [-0.4, -0.2) is 38.3 Å². The molecule has 0 unspecified atom stereocenters. The fourth-order valence-electron chi connectivity index (χ4n) is 3.34. The third-order valence-corrected chi connectivity index (χ3v) is 4.79. The first-order valence-electron chi connectivity index (χ1n) is 7.82. The van der Waals surface area contributed by atoms with Gasteiger partial charge in [0.2, 0.25) is 5.91 Å². The lowest BCUT2D eigenvalue weighted by molar-refractivity contribution is -0.121. The minimum atomic E-state index is 0.135. The van der Waals surface area contributed by atoms with Crippen molar-refractivity contribution < 1.29 is 9.53 Å². The Morgan fingerprint density at radius 3 is 2.58 bits per heavy atom. The van der Waals surface area contributed by atoms with Crippen molar-refractivity contribution >= 4 is 5.91 Å². The molecule has 2 rings (SSSR count). The lowest BCUT2D eigenvalue weighted by Crippen LogP contribution is -2.44. The van der Waals surface area contributed by atoms with E-state index in [4.69, 9.17) is 4.74 Å². The maximum Gasteiger partial charge on any atom is 0.234 e. The van der Waals surface area contributed by atoms with E-state index in [0.717, 1.165) is 32.6 Å². The summed E-state index contributed by atoms with van der Waals surface area (Å²) < 4.78 is 5.29. The van der Waals surface area contributed by atoms with Crippen LogP contribution in [0.3, 0.4) is 0 Å². The Kier molecular flexibility index (Phi) is 5.64. The van der Waals surface area contributed by atoms with Crippen molar-refractivity contribution in [3.63, 3.8) is 0 Å². The van der Waals surface area contributed by atoms with Gasteiger partial charge in [-0.15, -0.1) is 0 Å². The van der Waals surface area contributed by atoms with Crippen molar-refractivity contribution in [3.05, 3.63) is 0 Å². The average molecular weight is 268 g/mol. The van der Waals surface area contributed by atoms with Crippen LogP contribution in [0.5, 0.6) is 0 Å². The van der Waals surface area contributed by atoms with E-state index in [1.807, 2.05) is 0 Å². The average Bonchev–Trinajstić information content (AvgIpc) is 2.89. The maximum absolute atomic E-state index is 11.9. The molecule has 0 bridgehead atoms. The van der Waals surface area contributed by atoms with Crippen LogP contribution >= 0.6 is 0 Å². The van der Waals surface area contributed by atoms with E-state index in [9.17, 15) is 4.79 Å². The van der Waals surface area contributed by atoms with Gasteiger partial charge in [-0.2, -0.15) is 0 Å². The molecule has 0 atom stereocenters. The molecule has 1 amide bonds. The Bertz CT molecular complexity index is 282. The predicted molar refractivity (Wildman–Crippen MR) is 76.0 cm³/mol. The van der Waals surface area contributed by atoms with Crippen molar-refractivity contribution in [1.82, 2.24) is 10.6 Å². The Balaban J connectivity index is 1.63. The molecule has 0 radical (unpaired) electrons. The van der Waals surface area contributed by atoms with Gasteiger partial charge in [0.1, 0.15) is 0 Å². The highest BCUT2D eigenvalue weighted by atomic mass is 16.5. The van der Waals surface area contributed by atoms with Gasteiger partial charge in [0.25, 0.3) is 0 Å². The number of amides is 1. The SMILES string of the molecule is CCC1(CNCC(=O)NC2CCOCC2)CCCC1. The highest BCUT2D eigenvalue weighted by molar-refractivity contribution is 5.78. The molecule has 0 aromatic heterocycles. The van der Waals surface area contributed by atoms with Crippen LogP contribution in [0, 0.1) is 5.41 Å². The zero-order valence-electron chi connectivity index (χ0n) is 12.2. The fourth-order valence-corrected chi connectivity index (χ4v) is 3.34. The molecule has 0 aromatic carbocycles. The number of hydrogen-bond donors (Lipinski definition) is 2. The van der Waals surface area contributed by atoms with Gasteiger partial charge in [0, 0.05) is 25.8 Å². The summed E-state index contributed by atoms with van der Waals surface area (Å²) in [4.78, 5) is 11.9. The van der Waals surface area contributed by atoms with E-state index < -0.39 is 0 Å². The third kappa shape index (κ3) is 4.46. The second-order valence-corrected chi connectivity index (χ2v) is 6.12. The quantitative estimate of drug-likeness (QED) is 0.773. The van der Waals surface area contributed by atoms with Crippen molar-refractivity contribution in [2.45, 2.75) is 57.9 Å². The summed E-state index contributed by atoms with van der Waals surface area (Å²) in [5.41, 5.74) is 0.457. The van der Waals surface area contributed by atoms with Gasteiger partial charge in [-0.25, -0.2) is 0 Å². The number of rotatable bonds is 6. The van der Waals surface area contributed by atoms with Crippen LogP contribution in [-0.2, 0) is 9.53 Å². The van der Waals surface area contributed by atoms with Crippen molar-refractivity contribution in [3.8, 4) is 0 Å². The number of carbonyl (C=O) groups excluding carboxylic acids is 1. The van der Waals surface area contributed by atoms with Crippen LogP contribution < -0.4 is 10.6 Å².